The molecule has 5 nitrogen and oxygen atoms in total. The molecule has 2 fully saturated rings. The van der Waals surface area contributed by atoms with Crippen LogP contribution in [0.2, 0.25) is 0 Å². The second-order valence-electron chi connectivity index (χ2n) is 8.41. The summed E-state index contributed by atoms with van der Waals surface area (Å²) in [5.74, 6) is -0.0956. The van der Waals surface area contributed by atoms with Crippen LogP contribution in [0.3, 0.4) is 0 Å². The van der Waals surface area contributed by atoms with Gasteiger partial charge in [0.25, 0.3) is 0 Å². The standard InChI is InChI=1S/C26H27N3O2S/c30-24-18-23(26(31)29(24)19-22-12-7-17-32-22)27-13-15-28(16-14-27)25(20-8-3-1-4-9-20)21-10-5-2-6-11-21/h1-12,17,23,25H,13-16,18-19H2. The van der Waals surface area contributed by atoms with Gasteiger partial charge in [0.15, 0.2) is 0 Å². The topological polar surface area (TPSA) is 43.9 Å². The number of hydrogen-bond acceptors (Lipinski definition) is 5. The van der Waals surface area contributed by atoms with Crippen LogP contribution < -0.4 is 0 Å². The molecule has 2 saturated heterocycles. The molecule has 0 saturated carbocycles. The maximum absolute atomic E-state index is 13.1. The fourth-order valence-corrected chi connectivity index (χ4v) is 5.56. The third-order valence-electron chi connectivity index (χ3n) is 6.50. The van der Waals surface area contributed by atoms with Crippen molar-refractivity contribution in [1.82, 2.24) is 14.7 Å². The SMILES string of the molecule is O=C1CC(N2CCN(C(c3ccccc3)c3ccccc3)CC2)C(=O)N1Cc1cccs1. The van der Waals surface area contributed by atoms with Crippen LogP contribution >= 0.6 is 11.3 Å². The minimum absolute atomic E-state index is 0.0421. The van der Waals surface area contributed by atoms with Crippen molar-refractivity contribution < 1.29 is 9.59 Å². The van der Waals surface area contributed by atoms with Crippen LogP contribution in [0.5, 0.6) is 0 Å². The number of hydrogen-bond donors (Lipinski definition) is 0. The Labute approximate surface area is 192 Å². The Bertz CT molecular complexity index is 1010. The molecule has 2 amide bonds. The molecule has 5 rings (SSSR count). The van der Waals surface area contributed by atoms with Gasteiger partial charge in [-0.15, -0.1) is 11.3 Å². The summed E-state index contributed by atoms with van der Waals surface area (Å²) in [6, 6.07) is 25.0. The number of carbonyl (C=O) groups is 2. The van der Waals surface area contributed by atoms with E-state index in [0.717, 1.165) is 31.1 Å². The molecule has 0 N–H and O–H groups in total. The first-order valence-electron chi connectivity index (χ1n) is 11.2. The number of rotatable bonds is 6. The highest BCUT2D eigenvalue weighted by molar-refractivity contribution is 7.09. The summed E-state index contributed by atoms with van der Waals surface area (Å²) < 4.78 is 0. The number of amides is 2. The Balaban J connectivity index is 1.28. The van der Waals surface area contributed by atoms with Crippen molar-refractivity contribution in [2.24, 2.45) is 0 Å². The van der Waals surface area contributed by atoms with Crippen molar-refractivity contribution >= 4 is 23.2 Å². The van der Waals surface area contributed by atoms with Crippen LogP contribution in [-0.2, 0) is 16.1 Å². The molecule has 2 aliphatic heterocycles. The van der Waals surface area contributed by atoms with E-state index in [2.05, 4.69) is 58.3 Å². The van der Waals surface area contributed by atoms with Gasteiger partial charge in [0, 0.05) is 31.1 Å². The molecule has 6 heteroatoms. The number of imide groups is 1. The number of piperazine rings is 1. The van der Waals surface area contributed by atoms with Gasteiger partial charge in [-0.25, -0.2) is 0 Å². The van der Waals surface area contributed by atoms with Gasteiger partial charge in [-0.3, -0.25) is 24.3 Å². The van der Waals surface area contributed by atoms with E-state index in [0.29, 0.717) is 13.0 Å². The van der Waals surface area contributed by atoms with Crippen molar-refractivity contribution in [3.05, 3.63) is 94.2 Å². The summed E-state index contributed by atoms with van der Waals surface area (Å²) in [6.07, 6.45) is 0.297. The highest BCUT2D eigenvalue weighted by Gasteiger charge is 2.43. The summed E-state index contributed by atoms with van der Waals surface area (Å²) in [5, 5.41) is 1.98. The van der Waals surface area contributed by atoms with Gasteiger partial charge >= 0.3 is 0 Å². The third-order valence-corrected chi connectivity index (χ3v) is 7.36. The van der Waals surface area contributed by atoms with Gasteiger partial charge in [0.05, 0.1) is 25.0 Å². The number of thiophene rings is 1. The highest BCUT2D eigenvalue weighted by Crippen LogP contribution is 2.31. The molecule has 0 radical (unpaired) electrons. The monoisotopic (exact) mass is 445 g/mol. The Kier molecular flexibility index (Phi) is 6.17. The maximum atomic E-state index is 13.1. The largest absolute Gasteiger partial charge is 0.290 e. The zero-order valence-corrected chi connectivity index (χ0v) is 18.8. The molecule has 1 aromatic heterocycles. The van der Waals surface area contributed by atoms with Crippen LogP contribution in [0.15, 0.2) is 78.2 Å². The fourth-order valence-electron chi connectivity index (χ4n) is 4.87. The lowest BCUT2D eigenvalue weighted by Gasteiger charge is -2.41. The molecule has 0 spiro atoms. The summed E-state index contributed by atoms with van der Waals surface area (Å²) in [5.41, 5.74) is 2.56. The molecule has 2 aliphatic rings. The lowest BCUT2D eigenvalue weighted by Crippen LogP contribution is -2.53. The van der Waals surface area contributed by atoms with Crippen LogP contribution in [-0.4, -0.2) is 58.7 Å². The van der Waals surface area contributed by atoms with Crippen molar-refractivity contribution in [3.63, 3.8) is 0 Å². The third kappa shape index (κ3) is 4.26. The molecule has 0 aliphatic carbocycles. The van der Waals surface area contributed by atoms with Gasteiger partial charge in [-0.05, 0) is 22.6 Å². The average molecular weight is 446 g/mol. The van der Waals surface area contributed by atoms with E-state index in [-0.39, 0.29) is 23.9 Å². The Hall–Kier alpha value is -2.80. The number of benzene rings is 2. The predicted molar refractivity (Wildman–Crippen MR) is 126 cm³/mol. The number of likely N-dealkylation sites (tertiary alicyclic amines) is 1. The normalized spacial score (nSPS) is 20.4. The highest BCUT2D eigenvalue weighted by atomic mass is 32.1. The van der Waals surface area contributed by atoms with E-state index in [4.69, 9.17) is 0 Å². The van der Waals surface area contributed by atoms with Crippen LogP contribution in [0.25, 0.3) is 0 Å². The molecule has 3 aromatic rings. The lowest BCUT2D eigenvalue weighted by atomic mass is 9.96. The summed E-state index contributed by atoms with van der Waals surface area (Å²) >= 11 is 1.58. The summed E-state index contributed by atoms with van der Waals surface area (Å²) in [6.45, 7) is 3.68. The van der Waals surface area contributed by atoms with Gasteiger partial charge in [-0.2, -0.15) is 0 Å². The first-order chi connectivity index (χ1) is 15.7. The molecule has 1 unspecified atom stereocenters. The van der Waals surface area contributed by atoms with Crippen molar-refractivity contribution in [1.29, 1.82) is 0 Å². The zero-order valence-electron chi connectivity index (χ0n) is 18.0. The molecule has 3 heterocycles. The van der Waals surface area contributed by atoms with Gasteiger partial charge in [-0.1, -0.05) is 66.7 Å². The van der Waals surface area contributed by atoms with Gasteiger partial charge in [0.2, 0.25) is 11.8 Å². The lowest BCUT2D eigenvalue weighted by molar-refractivity contribution is -0.140. The Morgan fingerprint density at radius 1 is 0.812 bits per heavy atom. The second kappa shape index (κ2) is 9.36. The minimum Gasteiger partial charge on any atom is -0.290 e. The molecule has 0 bridgehead atoms. The van der Waals surface area contributed by atoms with E-state index >= 15 is 0 Å². The molecule has 2 aromatic carbocycles. The molecule has 32 heavy (non-hydrogen) atoms. The van der Waals surface area contributed by atoms with Crippen molar-refractivity contribution in [3.8, 4) is 0 Å². The molecular weight excluding hydrogens is 418 g/mol. The van der Waals surface area contributed by atoms with Crippen molar-refractivity contribution in [2.45, 2.75) is 25.0 Å². The number of nitrogens with zero attached hydrogens (tertiary/aromatic N) is 3. The van der Waals surface area contributed by atoms with Crippen LogP contribution in [0.1, 0.15) is 28.5 Å². The Morgan fingerprint density at radius 3 is 2.00 bits per heavy atom. The summed E-state index contributed by atoms with van der Waals surface area (Å²) in [7, 11) is 0. The fraction of sp³-hybridized carbons (Fsp3) is 0.308. The van der Waals surface area contributed by atoms with Crippen LogP contribution in [0.4, 0.5) is 0 Å². The smallest absolute Gasteiger partial charge is 0.247 e. The maximum Gasteiger partial charge on any atom is 0.247 e. The van der Waals surface area contributed by atoms with E-state index in [1.165, 1.54) is 16.0 Å². The first kappa shape index (κ1) is 21.1. The minimum atomic E-state index is -0.323. The molecule has 164 valence electrons. The zero-order chi connectivity index (χ0) is 21.9. The van der Waals surface area contributed by atoms with Gasteiger partial charge in [0.1, 0.15) is 0 Å². The predicted octanol–water partition coefficient (Wildman–Crippen LogP) is 3.78. The van der Waals surface area contributed by atoms with Crippen LogP contribution in [0, 0.1) is 0 Å². The van der Waals surface area contributed by atoms with E-state index in [1.54, 1.807) is 11.3 Å². The van der Waals surface area contributed by atoms with Crippen molar-refractivity contribution in [2.75, 3.05) is 26.2 Å². The summed E-state index contributed by atoms with van der Waals surface area (Å²) in [4.78, 5) is 32.8. The van der Waals surface area contributed by atoms with E-state index < -0.39 is 0 Å². The number of carbonyl (C=O) groups excluding carboxylic acids is 2. The average Bonchev–Trinajstić information content (AvgIpc) is 3.45. The Morgan fingerprint density at radius 2 is 1.44 bits per heavy atom. The second-order valence-corrected chi connectivity index (χ2v) is 9.45. The van der Waals surface area contributed by atoms with E-state index in [1.807, 2.05) is 29.6 Å². The van der Waals surface area contributed by atoms with E-state index in [9.17, 15) is 9.59 Å². The first-order valence-corrected chi connectivity index (χ1v) is 12.0. The quantitative estimate of drug-likeness (QED) is 0.542. The molecule has 1 atom stereocenters. The van der Waals surface area contributed by atoms with Gasteiger partial charge < -0.3 is 0 Å². The molecular formula is C26H27N3O2S.